The van der Waals surface area contributed by atoms with Gasteiger partial charge in [0.15, 0.2) is 5.69 Å². The highest BCUT2D eigenvalue weighted by atomic mass is 19.4. The third kappa shape index (κ3) is 8.11. The molecule has 0 aliphatic heterocycles. The summed E-state index contributed by atoms with van der Waals surface area (Å²) in [6, 6.07) is 8.15. The van der Waals surface area contributed by atoms with Gasteiger partial charge in [0.05, 0.1) is 11.8 Å². The van der Waals surface area contributed by atoms with E-state index < -0.39 is 17.6 Å². The summed E-state index contributed by atoms with van der Waals surface area (Å²) in [5, 5.41) is 10.3. The number of amides is 1. The molecule has 0 unspecified atom stereocenters. The van der Waals surface area contributed by atoms with Gasteiger partial charge in [-0.1, -0.05) is 36.6 Å². The molecule has 1 amide bonds. The SMILES string of the molecule is O=C(NCc1cccc(C(F)(F)F)c1)c1cn(CCCCn2ccc(CC(=O)C3CCCCC3)cc2=O)nn1. The molecule has 4 rings (SSSR count). The predicted octanol–water partition coefficient (Wildman–Crippen LogP) is 4.56. The lowest BCUT2D eigenvalue weighted by Crippen LogP contribution is -2.23. The van der Waals surface area contributed by atoms with Crippen molar-refractivity contribution in [3.05, 3.63) is 81.5 Å². The van der Waals surface area contributed by atoms with Crippen molar-refractivity contribution in [3.8, 4) is 0 Å². The van der Waals surface area contributed by atoms with Gasteiger partial charge >= 0.3 is 6.18 Å². The summed E-state index contributed by atoms with van der Waals surface area (Å²) in [6.45, 7) is 0.920. The van der Waals surface area contributed by atoms with E-state index in [2.05, 4.69) is 15.6 Å². The van der Waals surface area contributed by atoms with Gasteiger partial charge in [0.25, 0.3) is 11.5 Å². The zero-order valence-electron chi connectivity index (χ0n) is 21.6. The normalized spacial score (nSPS) is 14.3. The van der Waals surface area contributed by atoms with Gasteiger partial charge < -0.3 is 9.88 Å². The Hall–Kier alpha value is -3.76. The van der Waals surface area contributed by atoms with E-state index in [1.807, 2.05) is 6.07 Å². The van der Waals surface area contributed by atoms with Crippen LogP contribution >= 0.6 is 0 Å². The number of rotatable bonds is 11. The number of ketones is 1. The first kappa shape index (κ1) is 28.3. The van der Waals surface area contributed by atoms with Crippen LogP contribution in [0.4, 0.5) is 13.2 Å². The molecule has 2 aromatic heterocycles. The molecule has 1 saturated carbocycles. The Bertz CT molecular complexity index is 1340. The summed E-state index contributed by atoms with van der Waals surface area (Å²) >= 11 is 0. The number of halogens is 3. The zero-order valence-corrected chi connectivity index (χ0v) is 21.6. The van der Waals surface area contributed by atoms with Gasteiger partial charge in [-0.3, -0.25) is 19.1 Å². The van der Waals surface area contributed by atoms with Gasteiger partial charge in [0, 0.05) is 44.2 Å². The lowest BCUT2D eigenvalue weighted by Gasteiger charge is -2.20. The van der Waals surface area contributed by atoms with Crippen molar-refractivity contribution in [2.24, 2.45) is 5.92 Å². The van der Waals surface area contributed by atoms with Crippen molar-refractivity contribution in [1.29, 1.82) is 0 Å². The van der Waals surface area contributed by atoms with E-state index in [0.29, 0.717) is 37.9 Å². The summed E-state index contributed by atoms with van der Waals surface area (Å²) in [5.41, 5.74) is 0.238. The first-order valence-electron chi connectivity index (χ1n) is 13.3. The molecule has 208 valence electrons. The Balaban J connectivity index is 1.20. The number of hydrogen-bond acceptors (Lipinski definition) is 5. The van der Waals surface area contributed by atoms with E-state index in [1.165, 1.54) is 29.4 Å². The predicted molar refractivity (Wildman–Crippen MR) is 138 cm³/mol. The lowest BCUT2D eigenvalue weighted by atomic mass is 9.84. The zero-order chi connectivity index (χ0) is 27.8. The molecule has 0 radical (unpaired) electrons. The minimum absolute atomic E-state index is 0.0663. The monoisotopic (exact) mass is 543 g/mol. The topological polar surface area (TPSA) is 98.9 Å². The van der Waals surface area contributed by atoms with E-state index >= 15 is 0 Å². The number of unbranched alkanes of at least 4 members (excludes halogenated alkanes) is 1. The highest BCUT2D eigenvalue weighted by Gasteiger charge is 2.30. The summed E-state index contributed by atoms with van der Waals surface area (Å²) < 4.78 is 41.7. The first-order valence-corrected chi connectivity index (χ1v) is 13.3. The Morgan fingerprint density at radius 3 is 2.51 bits per heavy atom. The lowest BCUT2D eigenvalue weighted by molar-refractivity contribution is -0.137. The van der Waals surface area contributed by atoms with E-state index in [1.54, 1.807) is 16.8 Å². The summed E-state index contributed by atoms with van der Waals surface area (Å²) in [7, 11) is 0. The van der Waals surface area contributed by atoms with Gasteiger partial charge in [-0.2, -0.15) is 13.2 Å². The van der Waals surface area contributed by atoms with Gasteiger partial charge in [0.1, 0.15) is 5.78 Å². The molecule has 0 bridgehead atoms. The molecule has 8 nitrogen and oxygen atoms in total. The molecule has 1 fully saturated rings. The Labute approximate surface area is 224 Å². The maximum atomic E-state index is 12.9. The fourth-order valence-corrected chi connectivity index (χ4v) is 4.81. The number of alkyl halides is 3. The molecule has 1 aromatic carbocycles. The van der Waals surface area contributed by atoms with Crippen LogP contribution in [0.2, 0.25) is 0 Å². The van der Waals surface area contributed by atoms with Crippen LogP contribution in [0.25, 0.3) is 0 Å². The fourth-order valence-electron chi connectivity index (χ4n) is 4.81. The number of hydrogen-bond donors (Lipinski definition) is 1. The number of carbonyl (C=O) groups excluding carboxylic acids is 2. The number of benzene rings is 1. The molecular formula is C28H32F3N5O3. The molecule has 3 aromatic rings. The second-order valence-electron chi connectivity index (χ2n) is 10.00. The molecule has 2 heterocycles. The van der Waals surface area contributed by atoms with Crippen molar-refractivity contribution in [2.45, 2.75) is 77.2 Å². The summed E-state index contributed by atoms with van der Waals surface area (Å²) in [6.07, 6.45) is 5.74. The molecule has 39 heavy (non-hydrogen) atoms. The van der Waals surface area contributed by atoms with Crippen LogP contribution in [0.3, 0.4) is 0 Å². The van der Waals surface area contributed by atoms with Crippen LogP contribution in [0.5, 0.6) is 0 Å². The highest BCUT2D eigenvalue weighted by molar-refractivity contribution is 5.91. The molecule has 0 spiro atoms. The number of nitrogens with zero attached hydrogens (tertiary/aromatic N) is 4. The number of pyridine rings is 1. The molecule has 0 saturated heterocycles. The van der Waals surface area contributed by atoms with Crippen molar-refractivity contribution < 1.29 is 22.8 Å². The minimum Gasteiger partial charge on any atom is -0.347 e. The third-order valence-electron chi connectivity index (χ3n) is 7.01. The van der Waals surface area contributed by atoms with E-state index in [0.717, 1.165) is 43.4 Å². The minimum atomic E-state index is -4.45. The number of nitrogens with one attached hydrogen (secondary N) is 1. The summed E-state index contributed by atoms with van der Waals surface area (Å²) in [4.78, 5) is 37.4. The third-order valence-corrected chi connectivity index (χ3v) is 7.01. The summed E-state index contributed by atoms with van der Waals surface area (Å²) in [5.74, 6) is -0.185. The molecular weight excluding hydrogens is 511 g/mol. The van der Waals surface area contributed by atoms with Crippen molar-refractivity contribution in [1.82, 2.24) is 24.9 Å². The molecule has 1 N–H and O–H groups in total. The Morgan fingerprint density at radius 1 is 1.00 bits per heavy atom. The van der Waals surface area contributed by atoms with Crippen LogP contribution in [-0.4, -0.2) is 31.3 Å². The Morgan fingerprint density at radius 2 is 1.77 bits per heavy atom. The van der Waals surface area contributed by atoms with Crippen LogP contribution in [0, 0.1) is 5.92 Å². The van der Waals surface area contributed by atoms with Crippen LogP contribution in [0.15, 0.2) is 53.6 Å². The molecule has 1 aliphatic rings. The molecule has 1 aliphatic carbocycles. The van der Waals surface area contributed by atoms with Gasteiger partial charge in [0.2, 0.25) is 0 Å². The van der Waals surface area contributed by atoms with Crippen LogP contribution in [-0.2, 0) is 37.0 Å². The van der Waals surface area contributed by atoms with Crippen molar-refractivity contribution >= 4 is 11.7 Å². The van der Waals surface area contributed by atoms with Gasteiger partial charge in [-0.15, -0.1) is 5.10 Å². The van der Waals surface area contributed by atoms with Crippen molar-refractivity contribution in [3.63, 3.8) is 0 Å². The maximum absolute atomic E-state index is 12.9. The van der Waals surface area contributed by atoms with Gasteiger partial charge in [-0.25, -0.2) is 0 Å². The fraction of sp³-hybridized carbons (Fsp3) is 0.464. The average Bonchev–Trinajstić information content (AvgIpc) is 3.40. The molecule has 0 atom stereocenters. The standard InChI is InChI=1S/C28H32F3N5O3/c29-28(30,31)23-10-6-7-21(15-23)18-32-27(39)24-19-36(34-33-24)13-5-4-12-35-14-11-20(17-26(35)38)16-25(37)22-8-2-1-3-9-22/h6-7,10-11,14-15,17,19,22H,1-5,8-9,12-13,16,18H2,(H,32,39). The van der Waals surface area contributed by atoms with Crippen LogP contribution in [0.1, 0.15) is 72.1 Å². The number of aromatic nitrogens is 4. The largest absolute Gasteiger partial charge is 0.416 e. The maximum Gasteiger partial charge on any atom is 0.416 e. The van der Waals surface area contributed by atoms with Crippen LogP contribution < -0.4 is 10.9 Å². The quantitative estimate of drug-likeness (QED) is 0.358. The van der Waals surface area contributed by atoms with Gasteiger partial charge in [-0.05, 0) is 55.0 Å². The highest BCUT2D eigenvalue weighted by Crippen LogP contribution is 2.29. The van der Waals surface area contributed by atoms with E-state index in [4.69, 9.17) is 0 Å². The smallest absolute Gasteiger partial charge is 0.347 e. The Kier molecular flexibility index (Phi) is 9.32. The van der Waals surface area contributed by atoms with E-state index in [-0.39, 0.29) is 29.5 Å². The number of carbonyl (C=O) groups is 2. The molecule has 11 heteroatoms. The second kappa shape index (κ2) is 12.9. The number of aryl methyl sites for hydroxylation is 2. The number of Topliss-reactive ketones (excluding diaryl/α,β-unsaturated/α-hetero) is 1. The first-order chi connectivity index (χ1) is 18.7. The van der Waals surface area contributed by atoms with Crippen molar-refractivity contribution in [2.75, 3.05) is 0 Å². The van der Waals surface area contributed by atoms with E-state index in [9.17, 15) is 27.6 Å². The second-order valence-corrected chi connectivity index (χ2v) is 10.00. The average molecular weight is 544 g/mol.